The van der Waals surface area contributed by atoms with Crippen LogP contribution in [0.3, 0.4) is 0 Å². The molecule has 26 heavy (non-hydrogen) atoms. The van der Waals surface area contributed by atoms with E-state index < -0.39 is 33.3 Å². The summed E-state index contributed by atoms with van der Waals surface area (Å²) in [6.07, 6.45) is -0.0682. The van der Waals surface area contributed by atoms with Crippen LogP contribution in [-0.2, 0) is 25.5 Å². The highest BCUT2D eigenvalue weighted by atomic mass is 35.6. The second-order valence-electron chi connectivity index (χ2n) is 6.91. The minimum atomic E-state index is -1.90. The molecular formula is C17H17Cl4NO4. The quantitative estimate of drug-likeness (QED) is 0.391. The Labute approximate surface area is 171 Å². The molecular weight excluding hydrogens is 424 g/mol. The Morgan fingerprint density at radius 3 is 2.23 bits per heavy atom. The molecule has 2 rings (SSSR count). The fourth-order valence-corrected chi connectivity index (χ4v) is 2.50. The van der Waals surface area contributed by atoms with Gasteiger partial charge in [0.1, 0.15) is 6.61 Å². The Kier molecular flexibility index (Phi) is 6.18. The summed E-state index contributed by atoms with van der Waals surface area (Å²) >= 11 is 22.8. The zero-order valence-corrected chi connectivity index (χ0v) is 17.3. The first-order valence-corrected chi connectivity index (χ1v) is 9.16. The minimum absolute atomic E-state index is 0.0682. The molecule has 0 saturated carbocycles. The number of esters is 2. The number of benzene rings is 1. The second kappa shape index (κ2) is 7.55. The number of hydrogen-bond donors (Lipinski definition) is 0. The van der Waals surface area contributed by atoms with Crippen molar-refractivity contribution in [2.75, 3.05) is 6.61 Å². The van der Waals surface area contributed by atoms with Gasteiger partial charge in [0.05, 0.1) is 0 Å². The van der Waals surface area contributed by atoms with Crippen LogP contribution in [0.15, 0.2) is 29.3 Å². The summed E-state index contributed by atoms with van der Waals surface area (Å²) in [5, 5.41) is 0.523. The van der Waals surface area contributed by atoms with E-state index in [0.717, 1.165) is 0 Å². The van der Waals surface area contributed by atoms with Crippen molar-refractivity contribution in [1.29, 1.82) is 0 Å². The monoisotopic (exact) mass is 439 g/mol. The van der Waals surface area contributed by atoms with Crippen molar-refractivity contribution >= 4 is 64.2 Å². The first-order chi connectivity index (χ1) is 11.8. The molecule has 1 atom stereocenters. The molecule has 0 amide bonds. The maximum Gasteiger partial charge on any atom is 0.352 e. The third kappa shape index (κ3) is 5.03. The van der Waals surface area contributed by atoms with Crippen molar-refractivity contribution in [3.05, 3.63) is 34.9 Å². The van der Waals surface area contributed by atoms with Gasteiger partial charge >= 0.3 is 11.9 Å². The highest BCUT2D eigenvalue weighted by Crippen LogP contribution is 2.34. The van der Waals surface area contributed by atoms with Gasteiger partial charge in [-0.05, 0) is 17.7 Å². The molecule has 142 valence electrons. The summed E-state index contributed by atoms with van der Waals surface area (Å²) in [5.74, 6) is -1.63. The van der Waals surface area contributed by atoms with Crippen LogP contribution in [0, 0.1) is 5.41 Å². The molecule has 1 aromatic rings. The highest BCUT2D eigenvalue weighted by molar-refractivity contribution is 6.67. The van der Waals surface area contributed by atoms with Crippen molar-refractivity contribution in [2.24, 2.45) is 10.4 Å². The van der Waals surface area contributed by atoms with Crippen LogP contribution in [0.5, 0.6) is 0 Å². The molecule has 0 saturated heterocycles. The Bertz CT molecular complexity index is 735. The lowest BCUT2D eigenvalue weighted by Crippen LogP contribution is -2.46. The Morgan fingerprint density at radius 2 is 1.77 bits per heavy atom. The predicted octanol–water partition coefficient (Wildman–Crippen LogP) is 4.54. The third-order valence-electron chi connectivity index (χ3n) is 3.54. The molecule has 0 radical (unpaired) electrons. The maximum absolute atomic E-state index is 12.7. The van der Waals surface area contributed by atoms with E-state index >= 15 is 0 Å². The van der Waals surface area contributed by atoms with Crippen LogP contribution in [0.4, 0.5) is 0 Å². The molecule has 5 nitrogen and oxygen atoms in total. The third-order valence-corrected chi connectivity index (χ3v) is 4.12. The summed E-state index contributed by atoms with van der Waals surface area (Å²) in [6.45, 7) is 4.91. The maximum atomic E-state index is 12.7. The molecule has 1 aromatic carbocycles. The van der Waals surface area contributed by atoms with Gasteiger partial charge in [0, 0.05) is 16.9 Å². The van der Waals surface area contributed by atoms with Gasteiger partial charge in [0.2, 0.25) is 9.69 Å². The van der Waals surface area contributed by atoms with E-state index in [-0.39, 0.29) is 12.3 Å². The molecule has 0 N–H and O–H groups in total. The summed E-state index contributed by atoms with van der Waals surface area (Å²) in [6, 6.07) is 6.66. The number of aliphatic imine (C=N–C) groups is 1. The normalized spacial score (nSPS) is 20.6. The van der Waals surface area contributed by atoms with Gasteiger partial charge in [0.25, 0.3) is 5.54 Å². The SMILES string of the molecule is CC(C)(C)C1=N[C@@](Cc2ccc(Cl)cc2)(C(=O)OCC(Cl)(Cl)Cl)C(=O)O1. The van der Waals surface area contributed by atoms with Crippen LogP contribution in [0.25, 0.3) is 0 Å². The second-order valence-corrected chi connectivity index (χ2v) is 9.86. The number of alkyl halides is 3. The van der Waals surface area contributed by atoms with Gasteiger partial charge in [-0.1, -0.05) is 79.3 Å². The number of halogens is 4. The summed E-state index contributed by atoms with van der Waals surface area (Å²) in [7, 11) is 0. The van der Waals surface area contributed by atoms with Crippen molar-refractivity contribution in [3.8, 4) is 0 Å². The lowest BCUT2D eigenvalue weighted by Gasteiger charge is -2.22. The van der Waals surface area contributed by atoms with E-state index in [1.54, 1.807) is 24.3 Å². The van der Waals surface area contributed by atoms with Crippen molar-refractivity contribution < 1.29 is 19.1 Å². The Balaban J connectivity index is 2.41. The van der Waals surface area contributed by atoms with E-state index in [0.29, 0.717) is 10.6 Å². The zero-order chi connectivity index (χ0) is 19.8. The average molecular weight is 441 g/mol. The van der Waals surface area contributed by atoms with Gasteiger partial charge in [-0.3, -0.25) is 0 Å². The topological polar surface area (TPSA) is 65.0 Å². The minimum Gasteiger partial charge on any atom is -0.459 e. The fourth-order valence-electron chi connectivity index (χ4n) is 2.21. The molecule has 0 unspecified atom stereocenters. The number of cyclic esters (lactones) is 1. The lowest BCUT2D eigenvalue weighted by molar-refractivity contribution is -0.158. The highest BCUT2D eigenvalue weighted by Gasteiger charge is 2.56. The molecule has 1 aliphatic heterocycles. The number of carbonyl (C=O) groups is 2. The van der Waals surface area contributed by atoms with Crippen LogP contribution in [0.1, 0.15) is 26.3 Å². The number of ether oxygens (including phenoxy) is 2. The number of nitrogens with zero attached hydrogens (tertiary/aromatic N) is 1. The molecule has 0 spiro atoms. The van der Waals surface area contributed by atoms with Gasteiger partial charge in [-0.2, -0.15) is 0 Å². The first-order valence-electron chi connectivity index (χ1n) is 7.64. The Hall–Kier alpha value is -1.01. The van der Waals surface area contributed by atoms with Gasteiger partial charge in [-0.15, -0.1) is 0 Å². The number of rotatable bonds is 4. The summed E-state index contributed by atoms with van der Waals surface area (Å²) in [4.78, 5) is 29.7. The first kappa shape index (κ1) is 21.3. The molecule has 0 fully saturated rings. The van der Waals surface area contributed by atoms with E-state index in [1.807, 2.05) is 20.8 Å². The Morgan fingerprint density at radius 1 is 1.19 bits per heavy atom. The van der Waals surface area contributed by atoms with Gasteiger partial charge < -0.3 is 9.47 Å². The van der Waals surface area contributed by atoms with E-state index in [2.05, 4.69) is 4.99 Å². The van der Waals surface area contributed by atoms with Crippen LogP contribution in [-0.4, -0.2) is 33.8 Å². The summed E-state index contributed by atoms with van der Waals surface area (Å²) in [5.41, 5.74) is -1.82. The number of carbonyl (C=O) groups excluding carboxylic acids is 2. The van der Waals surface area contributed by atoms with Crippen LogP contribution < -0.4 is 0 Å². The van der Waals surface area contributed by atoms with Crippen LogP contribution >= 0.6 is 46.4 Å². The van der Waals surface area contributed by atoms with E-state index in [9.17, 15) is 9.59 Å². The molecule has 0 bridgehead atoms. The molecule has 1 aliphatic rings. The van der Waals surface area contributed by atoms with E-state index in [1.165, 1.54) is 0 Å². The average Bonchev–Trinajstić information content (AvgIpc) is 2.85. The molecule has 1 heterocycles. The molecule has 0 aliphatic carbocycles. The fraction of sp³-hybridized carbons (Fsp3) is 0.471. The van der Waals surface area contributed by atoms with Crippen molar-refractivity contribution in [1.82, 2.24) is 0 Å². The number of hydrogen-bond acceptors (Lipinski definition) is 5. The summed E-state index contributed by atoms with van der Waals surface area (Å²) < 4.78 is 8.52. The standard InChI is InChI=1S/C17H17Cl4NO4/c1-15(2,3)12-22-16(14(24)26-12,13(23)25-9-17(19,20)21)8-10-4-6-11(18)7-5-10/h4-7H,8-9H2,1-3H3/t16-/m0/s1. The molecule has 9 heteroatoms. The van der Waals surface area contributed by atoms with Gasteiger partial charge in [0.15, 0.2) is 0 Å². The zero-order valence-electron chi connectivity index (χ0n) is 14.3. The van der Waals surface area contributed by atoms with E-state index in [4.69, 9.17) is 55.9 Å². The van der Waals surface area contributed by atoms with Crippen LogP contribution in [0.2, 0.25) is 5.02 Å². The van der Waals surface area contributed by atoms with Crippen molar-refractivity contribution in [2.45, 2.75) is 36.5 Å². The lowest BCUT2D eigenvalue weighted by atomic mass is 9.91. The van der Waals surface area contributed by atoms with Gasteiger partial charge in [-0.25, -0.2) is 14.6 Å². The smallest absolute Gasteiger partial charge is 0.352 e. The predicted molar refractivity (Wildman–Crippen MR) is 102 cm³/mol. The molecule has 0 aromatic heterocycles. The van der Waals surface area contributed by atoms with Crippen molar-refractivity contribution in [3.63, 3.8) is 0 Å². The largest absolute Gasteiger partial charge is 0.459 e.